The summed E-state index contributed by atoms with van der Waals surface area (Å²) in [5.41, 5.74) is 2.06. The number of amides is 3. The van der Waals surface area contributed by atoms with E-state index in [1.807, 2.05) is 91.9 Å². The molecule has 6 nitrogen and oxygen atoms in total. The molecule has 180 valence electrons. The summed E-state index contributed by atoms with van der Waals surface area (Å²) in [7, 11) is 0. The van der Waals surface area contributed by atoms with Crippen LogP contribution in [0.5, 0.6) is 0 Å². The summed E-state index contributed by atoms with van der Waals surface area (Å²) in [4.78, 5) is 43.6. The summed E-state index contributed by atoms with van der Waals surface area (Å²) in [6.07, 6.45) is -0.200. The van der Waals surface area contributed by atoms with Crippen molar-refractivity contribution in [2.45, 2.75) is 38.3 Å². The monoisotopic (exact) mass is 470 g/mol. The minimum absolute atomic E-state index is 0.0619. The number of aliphatic hydroxyl groups is 1. The maximum Gasteiger partial charge on any atom is 0.241 e. The Morgan fingerprint density at radius 1 is 0.914 bits per heavy atom. The maximum atomic E-state index is 14.0. The Balaban J connectivity index is 1.68. The van der Waals surface area contributed by atoms with E-state index >= 15 is 0 Å². The molecule has 1 aliphatic rings. The van der Waals surface area contributed by atoms with Gasteiger partial charge in [-0.3, -0.25) is 19.3 Å². The number of aryl methyl sites for hydroxylation is 1. The molecule has 0 saturated carbocycles. The molecule has 0 unspecified atom stereocenters. The average molecular weight is 471 g/mol. The first kappa shape index (κ1) is 24.4. The largest absolute Gasteiger partial charge is 0.395 e. The lowest BCUT2D eigenvalue weighted by Gasteiger charge is -2.31. The van der Waals surface area contributed by atoms with Crippen LogP contribution in [-0.2, 0) is 32.9 Å². The Hall–Kier alpha value is -3.77. The smallest absolute Gasteiger partial charge is 0.241 e. The van der Waals surface area contributed by atoms with Crippen LogP contribution in [0.25, 0.3) is 0 Å². The fourth-order valence-corrected chi connectivity index (χ4v) is 4.87. The molecule has 1 aliphatic heterocycles. The summed E-state index contributed by atoms with van der Waals surface area (Å²) in [6, 6.07) is 26.4. The Morgan fingerprint density at radius 2 is 1.51 bits per heavy atom. The van der Waals surface area contributed by atoms with Gasteiger partial charge in [-0.2, -0.15) is 0 Å². The summed E-state index contributed by atoms with van der Waals surface area (Å²) >= 11 is 0. The standard InChI is InChI=1S/C29H30N2O4/c1-22-10-8-9-15-25(22)29(18-26(33)30(16-17-32)20-23-11-4-2-5-12-23)19-27(34)31(28(29)35)21-24-13-6-3-7-14-24/h2-15,32H,16-21H2,1H3/t29-/m1/s1. The van der Waals surface area contributed by atoms with Crippen molar-refractivity contribution in [3.05, 3.63) is 107 Å². The van der Waals surface area contributed by atoms with Crippen molar-refractivity contribution in [2.75, 3.05) is 13.2 Å². The van der Waals surface area contributed by atoms with E-state index in [1.54, 1.807) is 4.90 Å². The van der Waals surface area contributed by atoms with Crippen LogP contribution < -0.4 is 0 Å². The van der Waals surface area contributed by atoms with Gasteiger partial charge in [0.1, 0.15) is 0 Å². The maximum absolute atomic E-state index is 14.0. The molecule has 1 saturated heterocycles. The van der Waals surface area contributed by atoms with E-state index in [9.17, 15) is 19.5 Å². The number of imide groups is 1. The van der Waals surface area contributed by atoms with Crippen LogP contribution in [0.3, 0.4) is 0 Å². The number of likely N-dealkylation sites (tertiary alicyclic amines) is 1. The number of rotatable bonds is 9. The van der Waals surface area contributed by atoms with E-state index in [2.05, 4.69) is 0 Å². The fourth-order valence-electron chi connectivity index (χ4n) is 4.87. The number of aliphatic hydroxyl groups excluding tert-OH is 1. The zero-order valence-electron chi connectivity index (χ0n) is 19.9. The topological polar surface area (TPSA) is 77.9 Å². The molecule has 3 aromatic rings. The van der Waals surface area contributed by atoms with Crippen LogP contribution in [0.2, 0.25) is 0 Å². The average Bonchev–Trinajstić information content (AvgIpc) is 3.10. The second kappa shape index (κ2) is 10.7. The molecular formula is C29H30N2O4. The van der Waals surface area contributed by atoms with Crippen LogP contribution in [0, 0.1) is 6.92 Å². The summed E-state index contributed by atoms with van der Waals surface area (Å²) in [6.45, 7) is 2.34. The van der Waals surface area contributed by atoms with E-state index in [1.165, 1.54) is 4.90 Å². The van der Waals surface area contributed by atoms with Gasteiger partial charge in [0.2, 0.25) is 17.7 Å². The van der Waals surface area contributed by atoms with Gasteiger partial charge in [0, 0.05) is 25.9 Å². The first-order valence-corrected chi connectivity index (χ1v) is 11.8. The van der Waals surface area contributed by atoms with Gasteiger partial charge in [-0.1, -0.05) is 84.9 Å². The van der Waals surface area contributed by atoms with Crippen LogP contribution in [0.1, 0.15) is 35.1 Å². The highest BCUT2D eigenvalue weighted by atomic mass is 16.3. The Kier molecular flexibility index (Phi) is 7.42. The fraction of sp³-hybridized carbons (Fsp3) is 0.276. The van der Waals surface area contributed by atoms with Gasteiger partial charge in [0.15, 0.2) is 0 Å². The number of carbonyl (C=O) groups excluding carboxylic acids is 3. The highest BCUT2D eigenvalue weighted by Gasteiger charge is 2.54. The van der Waals surface area contributed by atoms with Gasteiger partial charge >= 0.3 is 0 Å². The van der Waals surface area contributed by atoms with Crippen LogP contribution >= 0.6 is 0 Å². The third-order valence-corrected chi connectivity index (χ3v) is 6.64. The number of benzene rings is 3. The van der Waals surface area contributed by atoms with E-state index in [4.69, 9.17) is 0 Å². The molecule has 4 rings (SSSR count). The zero-order chi connectivity index (χ0) is 24.8. The molecule has 0 aromatic heterocycles. The number of carbonyl (C=O) groups is 3. The Labute approximate surface area is 205 Å². The molecule has 6 heteroatoms. The molecular weight excluding hydrogens is 440 g/mol. The van der Waals surface area contributed by atoms with Crippen molar-refractivity contribution in [2.24, 2.45) is 0 Å². The van der Waals surface area contributed by atoms with Crippen molar-refractivity contribution >= 4 is 17.7 Å². The minimum atomic E-state index is -1.28. The molecule has 0 aliphatic carbocycles. The lowest BCUT2D eigenvalue weighted by atomic mass is 9.74. The van der Waals surface area contributed by atoms with Gasteiger partial charge in [0.25, 0.3) is 0 Å². The minimum Gasteiger partial charge on any atom is -0.395 e. The van der Waals surface area contributed by atoms with Gasteiger partial charge in [-0.05, 0) is 29.2 Å². The van der Waals surface area contributed by atoms with Crippen LogP contribution in [0.15, 0.2) is 84.9 Å². The van der Waals surface area contributed by atoms with Gasteiger partial charge in [0.05, 0.1) is 18.6 Å². The predicted molar refractivity (Wildman–Crippen MR) is 133 cm³/mol. The van der Waals surface area contributed by atoms with Crippen molar-refractivity contribution in [1.29, 1.82) is 0 Å². The quantitative estimate of drug-likeness (QED) is 0.485. The summed E-state index contributed by atoms with van der Waals surface area (Å²) in [5, 5.41) is 9.63. The third-order valence-electron chi connectivity index (χ3n) is 6.64. The SMILES string of the molecule is Cc1ccccc1[C@@]1(CC(=O)N(CCO)Cc2ccccc2)CC(=O)N(Cc2ccccc2)C1=O. The number of hydrogen-bond donors (Lipinski definition) is 1. The number of hydrogen-bond acceptors (Lipinski definition) is 4. The number of nitrogens with zero attached hydrogens (tertiary/aromatic N) is 2. The van der Waals surface area contributed by atoms with Gasteiger partial charge in [-0.25, -0.2) is 0 Å². The van der Waals surface area contributed by atoms with Crippen LogP contribution in [0.4, 0.5) is 0 Å². The van der Waals surface area contributed by atoms with Crippen LogP contribution in [-0.4, -0.2) is 45.8 Å². The predicted octanol–water partition coefficient (Wildman–Crippen LogP) is 3.60. The molecule has 1 fully saturated rings. The molecule has 0 radical (unpaired) electrons. The van der Waals surface area contributed by atoms with E-state index in [-0.39, 0.29) is 50.3 Å². The second-order valence-electron chi connectivity index (χ2n) is 9.05. The Morgan fingerprint density at radius 3 is 2.14 bits per heavy atom. The van der Waals surface area contributed by atoms with Crippen molar-refractivity contribution in [3.8, 4) is 0 Å². The summed E-state index contributed by atoms with van der Waals surface area (Å²) < 4.78 is 0. The Bertz CT molecular complexity index is 1200. The molecule has 35 heavy (non-hydrogen) atoms. The van der Waals surface area contributed by atoms with Gasteiger partial charge in [-0.15, -0.1) is 0 Å². The second-order valence-corrected chi connectivity index (χ2v) is 9.05. The molecule has 3 amide bonds. The lowest BCUT2D eigenvalue weighted by molar-refractivity contribution is -0.143. The third kappa shape index (κ3) is 5.17. The van der Waals surface area contributed by atoms with E-state index in [0.717, 1.165) is 16.7 Å². The van der Waals surface area contributed by atoms with E-state index in [0.29, 0.717) is 12.1 Å². The van der Waals surface area contributed by atoms with Crippen molar-refractivity contribution < 1.29 is 19.5 Å². The van der Waals surface area contributed by atoms with Crippen molar-refractivity contribution in [3.63, 3.8) is 0 Å². The highest BCUT2D eigenvalue weighted by molar-refractivity contribution is 6.10. The van der Waals surface area contributed by atoms with Gasteiger partial charge < -0.3 is 10.0 Å². The summed E-state index contributed by atoms with van der Waals surface area (Å²) in [5.74, 6) is -0.904. The molecule has 0 spiro atoms. The van der Waals surface area contributed by atoms with E-state index < -0.39 is 5.41 Å². The molecule has 0 bridgehead atoms. The first-order chi connectivity index (χ1) is 16.9. The molecule has 1 N–H and O–H groups in total. The molecule has 3 aromatic carbocycles. The van der Waals surface area contributed by atoms with Crippen molar-refractivity contribution in [1.82, 2.24) is 9.80 Å². The zero-order valence-corrected chi connectivity index (χ0v) is 19.9. The molecule has 1 heterocycles. The normalized spacial score (nSPS) is 17.6. The highest BCUT2D eigenvalue weighted by Crippen LogP contribution is 2.42. The first-order valence-electron chi connectivity index (χ1n) is 11.8. The molecule has 1 atom stereocenters. The lowest BCUT2D eigenvalue weighted by Crippen LogP contribution is -2.44.